The van der Waals surface area contributed by atoms with Gasteiger partial charge in [0.1, 0.15) is 12.9 Å². The van der Waals surface area contributed by atoms with Crippen LogP contribution in [0.5, 0.6) is 0 Å². The fourth-order valence-electron chi connectivity index (χ4n) is 1.25. The molecule has 13 heavy (non-hydrogen) atoms. The lowest BCUT2D eigenvalue weighted by molar-refractivity contribution is 0.112. The van der Waals surface area contributed by atoms with Crippen molar-refractivity contribution in [1.82, 2.24) is 0 Å². The zero-order valence-corrected chi connectivity index (χ0v) is 7.06. The Morgan fingerprint density at radius 1 is 1.46 bits per heavy atom. The largest absolute Gasteiger partial charge is 0.476 e. The lowest BCUT2D eigenvalue weighted by Crippen LogP contribution is -2.01. The van der Waals surface area contributed by atoms with Crippen LogP contribution in [0.3, 0.4) is 0 Å². The summed E-state index contributed by atoms with van der Waals surface area (Å²) in [4.78, 5) is 14.7. The van der Waals surface area contributed by atoms with Crippen LogP contribution in [0.25, 0.3) is 0 Å². The Balaban J connectivity index is 2.34. The van der Waals surface area contributed by atoms with Gasteiger partial charge >= 0.3 is 0 Å². The fraction of sp³-hybridized carbons (Fsp3) is 0.200. The monoisotopic (exact) mass is 175 g/mol. The van der Waals surface area contributed by atoms with Crippen molar-refractivity contribution in [1.29, 1.82) is 0 Å². The van der Waals surface area contributed by atoms with E-state index >= 15 is 0 Å². The number of carbonyl (C=O) groups excluding carboxylic acids is 1. The van der Waals surface area contributed by atoms with Gasteiger partial charge in [0.15, 0.2) is 0 Å². The lowest BCUT2D eigenvalue weighted by Gasteiger charge is -2.00. The first kappa shape index (κ1) is 7.98. The zero-order chi connectivity index (χ0) is 9.10. The summed E-state index contributed by atoms with van der Waals surface area (Å²) in [5, 5.41) is 0. The van der Waals surface area contributed by atoms with Crippen LogP contribution in [0, 0.1) is 0 Å². The van der Waals surface area contributed by atoms with Crippen LogP contribution in [0.15, 0.2) is 29.3 Å². The summed E-state index contributed by atoms with van der Waals surface area (Å²) >= 11 is 0. The second-order valence-corrected chi connectivity index (χ2v) is 2.78. The molecule has 0 spiro atoms. The summed E-state index contributed by atoms with van der Waals surface area (Å²) < 4.78 is 5.27. The SMILES string of the molecule is O=Cc1cccc(C2=NCCO2)c1. The highest BCUT2D eigenvalue weighted by molar-refractivity contribution is 5.96. The minimum atomic E-state index is 0.640. The van der Waals surface area contributed by atoms with Gasteiger partial charge in [-0.25, -0.2) is 4.99 Å². The summed E-state index contributed by atoms with van der Waals surface area (Å²) in [6, 6.07) is 7.24. The highest BCUT2D eigenvalue weighted by Crippen LogP contribution is 2.09. The first-order valence-corrected chi connectivity index (χ1v) is 4.13. The molecule has 1 aliphatic rings. The predicted molar refractivity (Wildman–Crippen MR) is 49.2 cm³/mol. The van der Waals surface area contributed by atoms with Gasteiger partial charge in [-0.15, -0.1) is 0 Å². The molecule has 0 unspecified atom stereocenters. The maximum absolute atomic E-state index is 10.5. The summed E-state index contributed by atoms with van der Waals surface area (Å²) in [6.07, 6.45) is 0.818. The van der Waals surface area contributed by atoms with E-state index in [4.69, 9.17) is 4.74 Å². The van der Waals surface area contributed by atoms with E-state index in [1.165, 1.54) is 0 Å². The molecule has 2 rings (SSSR count). The first-order chi connectivity index (χ1) is 6.40. The van der Waals surface area contributed by atoms with Crippen molar-refractivity contribution in [3.8, 4) is 0 Å². The first-order valence-electron chi connectivity index (χ1n) is 4.13. The summed E-state index contributed by atoms with van der Waals surface area (Å²) in [6.45, 7) is 1.35. The number of nitrogens with zero attached hydrogens (tertiary/aromatic N) is 1. The summed E-state index contributed by atoms with van der Waals surface area (Å²) in [5.41, 5.74) is 1.53. The van der Waals surface area contributed by atoms with Crippen molar-refractivity contribution in [2.24, 2.45) is 4.99 Å². The minimum absolute atomic E-state index is 0.640. The van der Waals surface area contributed by atoms with Gasteiger partial charge < -0.3 is 4.74 Å². The minimum Gasteiger partial charge on any atom is -0.476 e. The van der Waals surface area contributed by atoms with Gasteiger partial charge in [-0.05, 0) is 12.1 Å². The molecule has 3 heteroatoms. The number of aliphatic imine (C=N–C) groups is 1. The van der Waals surface area contributed by atoms with Crippen LogP contribution in [0.4, 0.5) is 0 Å². The lowest BCUT2D eigenvalue weighted by atomic mass is 10.1. The van der Waals surface area contributed by atoms with E-state index < -0.39 is 0 Å². The highest BCUT2D eigenvalue weighted by atomic mass is 16.5. The average molecular weight is 175 g/mol. The van der Waals surface area contributed by atoms with Gasteiger partial charge in [-0.3, -0.25) is 4.79 Å². The van der Waals surface area contributed by atoms with Crippen molar-refractivity contribution in [2.75, 3.05) is 13.2 Å². The number of benzene rings is 1. The summed E-state index contributed by atoms with van der Waals surface area (Å²) in [7, 11) is 0. The van der Waals surface area contributed by atoms with Crippen molar-refractivity contribution in [2.45, 2.75) is 0 Å². The molecule has 0 saturated carbocycles. The van der Waals surface area contributed by atoms with Gasteiger partial charge in [0.2, 0.25) is 5.90 Å². The Bertz CT molecular complexity index is 358. The van der Waals surface area contributed by atoms with Crippen LogP contribution in [-0.2, 0) is 4.74 Å². The van der Waals surface area contributed by atoms with E-state index in [0.717, 1.165) is 11.8 Å². The molecule has 0 saturated heterocycles. The molecule has 3 nitrogen and oxygen atoms in total. The van der Waals surface area contributed by atoms with Gasteiger partial charge in [0.05, 0.1) is 6.54 Å². The smallest absolute Gasteiger partial charge is 0.216 e. The fourth-order valence-corrected chi connectivity index (χ4v) is 1.25. The van der Waals surface area contributed by atoms with Crippen molar-refractivity contribution in [3.05, 3.63) is 35.4 Å². The van der Waals surface area contributed by atoms with Gasteiger partial charge in [-0.1, -0.05) is 12.1 Å². The van der Waals surface area contributed by atoms with Crippen molar-refractivity contribution in [3.63, 3.8) is 0 Å². The molecule has 66 valence electrons. The third-order valence-electron chi connectivity index (χ3n) is 1.86. The van der Waals surface area contributed by atoms with E-state index in [1.807, 2.05) is 12.1 Å². The second-order valence-electron chi connectivity index (χ2n) is 2.78. The van der Waals surface area contributed by atoms with Crippen LogP contribution >= 0.6 is 0 Å². The maximum Gasteiger partial charge on any atom is 0.216 e. The number of carbonyl (C=O) groups is 1. The van der Waals surface area contributed by atoms with Gasteiger partial charge in [0, 0.05) is 11.1 Å². The third kappa shape index (κ3) is 1.59. The molecule has 1 heterocycles. The molecule has 1 aliphatic heterocycles. The molecule has 0 atom stereocenters. The second kappa shape index (κ2) is 3.39. The van der Waals surface area contributed by atoms with Crippen LogP contribution in [0.2, 0.25) is 0 Å². The molecular weight excluding hydrogens is 166 g/mol. The topological polar surface area (TPSA) is 38.7 Å². The molecule has 1 aromatic carbocycles. The number of ether oxygens (including phenoxy) is 1. The van der Waals surface area contributed by atoms with Crippen molar-refractivity contribution < 1.29 is 9.53 Å². The number of rotatable bonds is 2. The summed E-state index contributed by atoms with van der Waals surface area (Å²) in [5.74, 6) is 0.642. The van der Waals surface area contributed by atoms with Crippen LogP contribution in [-0.4, -0.2) is 25.3 Å². The Morgan fingerprint density at radius 3 is 3.08 bits per heavy atom. The molecule has 0 radical (unpaired) electrons. The van der Waals surface area contributed by atoms with E-state index in [0.29, 0.717) is 24.6 Å². The molecule has 0 N–H and O–H groups in total. The molecule has 0 aliphatic carbocycles. The molecule has 0 fully saturated rings. The van der Waals surface area contributed by atoms with Gasteiger partial charge in [-0.2, -0.15) is 0 Å². The normalized spacial score (nSPS) is 14.9. The van der Waals surface area contributed by atoms with Crippen molar-refractivity contribution >= 4 is 12.2 Å². The van der Waals surface area contributed by atoms with E-state index in [1.54, 1.807) is 12.1 Å². The molecule has 0 aromatic heterocycles. The maximum atomic E-state index is 10.5. The number of hydrogen-bond donors (Lipinski definition) is 0. The third-order valence-corrected chi connectivity index (χ3v) is 1.86. The van der Waals surface area contributed by atoms with Crippen LogP contribution < -0.4 is 0 Å². The molecule has 0 amide bonds. The Morgan fingerprint density at radius 2 is 2.38 bits per heavy atom. The van der Waals surface area contributed by atoms with E-state index in [2.05, 4.69) is 4.99 Å². The number of aldehydes is 1. The number of hydrogen-bond acceptors (Lipinski definition) is 3. The van der Waals surface area contributed by atoms with E-state index in [-0.39, 0.29) is 0 Å². The van der Waals surface area contributed by atoms with Gasteiger partial charge in [0.25, 0.3) is 0 Å². The standard InChI is InChI=1S/C10H9NO2/c12-7-8-2-1-3-9(6-8)10-11-4-5-13-10/h1-3,6-7H,4-5H2. The Labute approximate surface area is 76.1 Å². The van der Waals surface area contributed by atoms with E-state index in [9.17, 15) is 4.79 Å². The molecular formula is C10H9NO2. The highest BCUT2D eigenvalue weighted by Gasteiger charge is 2.09. The quantitative estimate of drug-likeness (QED) is 0.635. The predicted octanol–water partition coefficient (Wildman–Crippen LogP) is 1.28. The van der Waals surface area contributed by atoms with Crippen LogP contribution in [0.1, 0.15) is 15.9 Å². The Hall–Kier alpha value is -1.64. The Kier molecular flexibility index (Phi) is 2.08. The molecule has 0 bridgehead atoms. The zero-order valence-electron chi connectivity index (χ0n) is 7.06. The average Bonchev–Trinajstić information content (AvgIpc) is 2.71. The molecule has 1 aromatic rings.